The highest BCUT2D eigenvalue weighted by molar-refractivity contribution is 5.68. The SMILES string of the molecule is COC(=O)N1CCC(O)C1C(C)C. The molecule has 1 aliphatic heterocycles. The first-order chi connectivity index (χ1) is 6.07. The van der Waals surface area contributed by atoms with Crippen LogP contribution in [0.5, 0.6) is 0 Å². The lowest BCUT2D eigenvalue weighted by Crippen LogP contribution is -2.42. The summed E-state index contributed by atoms with van der Waals surface area (Å²) in [6.07, 6.45) is -0.0906. The van der Waals surface area contributed by atoms with Gasteiger partial charge in [-0.2, -0.15) is 0 Å². The van der Waals surface area contributed by atoms with Gasteiger partial charge in [0.25, 0.3) is 0 Å². The van der Waals surface area contributed by atoms with Crippen LogP contribution in [0.15, 0.2) is 0 Å². The van der Waals surface area contributed by atoms with Gasteiger partial charge in [0.1, 0.15) is 0 Å². The lowest BCUT2D eigenvalue weighted by molar-refractivity contribution is 0.0702. The Balaban J connectivity index is 2.69. The average Bonchev–Trinajstić information content (AvgIpc) is 2.45. The minimum Gasteiger partial charge on any atom is -0.453 e. The monoisotopic (exact) mass is 187 g/mol. The summed E-state index contributed by atoms with van der Waals surface area (Å²) in [5, 5.41) is 9.62. The number of hydrogen-bond donors (Lipinski definition) is 1. The highest BCUT2D eigenvalue weighted by Gasteiger charge is 2.38. The van der Waals surface area contributed by atoms with Gasteiger partial charge in [-0.25, -0.2) is 4.79 Å². The van der Waals surface area contributed by atoms with Crippen molar-refractivity contribution in [1.29, 1.82) is 0 Å². The van der Waals surface area contributed by atoms with E-state index in [9.17, 15) is 9.90 Å². The zero-order valence-electron chi connectivity index (χ0n) is 8.36. The molecule has 0 aromatic rings. The highest BCUT2D eigenvalue weighted by atomic mass is 16.5. The van der Waals surface area contributed by atoms with Crippen LogP contribution in [0, 0.1) is 5.92 Å². The van der Waals surface area contributed by atoms with Gasteiger partial charge in [-0.05, 0) is 12.3 Å². The normalized spacial score (nSPS) is 28.2. The summed E-state index contributed by atoms with van der Waals surface area (Å²) >= 11 is 0. The van der Waals surface area contributed by atoms with Crippen LogP contribution in [0.3, 0.4) is 0 Å². The molecule has 0 spiro atoms. The fraction of sp³-hybridized carbons (Fsp3) is 0.889. The first-order valence-electron chi connectivity index (χ1n) is 4.60. The summed E-state index contributed by atoms with van der Waals surface area (Å²) in [6.45, 7) is 4.58. The van der Waals surface area contributed by atoms with Gasteiger partial charge in [0.2, 0.25) is 0 Å². The molecule has 0 radical (unpaired) electrons. The summed E-state index contributed by atoms with van der Waals surface area (Å²) in [5.41, 5.74) is 0. The second-order valence-corrected chi connectivity index (χ2v) is 3.75. The van der Waals surface area contributed by atoms with Gasteiger partial charge in [-0.15, -0.1) is 0 Å². The maximum atomic E-state index is 11.3. The number of hydrogen-bond acceptors (Lipinski definition) is 3. The maximum absolute atomic E-state index is 11.3. The van der Waals surface area contributed by atoms with E-state index in [1.54, 1.807) is 4.90 Å². The van der Waals surface area contributed by atoms with E-state index in [0.29, 0.717) is 13.0 Å². The molecule has 0 aliphatic carbocycles. The Labute approximate surface area is 78.5 Å². The van der Waals surface area contributed by atoms with E-state index in [2.05, 4.69) is 4.74 Å². The van der Waals surface area contributed by atoms with Crippen molar-refractivity contribution in [3.63, 3.8) is 0 Å². The Bertz CT molecular complexity index is 193. The number of rotatable bonds is 1. The Morgan fingerprint density at radius 1 is 1.62 bits per heavy atom. The molecule has 76 valence electrons. The van der Waals surface area contributed by atoms with Gasteiger partial charge < -0.3 is 14.7 Å². The van der Waals surface area contributed by atoms with E-state index in [1.165, 1.54) is 7.11 Å². The van der Waals surface area contributed by atoms with E-state index in [1.807, 2.05) is 13.8 Å². The lowest BCUT2D eigenvalue weighted by atomic mass is 10.00. The summed E-state index contributed by atoms with van der Waals surface area (Å²) in [4.78, 5) is 12.9. The molecule has 1 N–H and O–H groups in total. The molecule has 1 amide bonds. The third-order valence-corrected chi connectivity index (χ3v) is 2.51. The maximum Gasteiger partial charge on any atom is 0.409 e. The quantitative estimate of drug-likeness (QED) is 0.662. The molecular formula is C9H17NO3. The second kappa shape index (κ2) is 3.96. The van der Waals surface area contributed by atoms with Gasteiger partial charge >= 0.3 is 6.09 Å². The van der Waals surface area contributed by atoms with Gasteiger partial charge in [0.05, 0.1) is 19.3 Å². The molecule has 2 atom stereocenters. The van der Waals surface area contributed by atoms with E-state index >= 15 is 0 Å². The van der Waals surface area contributed by atoms with Crippen molar-refractivity contribution in [2.75, 3.05) is 13.7 Å². The first kappa shape index (κ1) is 10.3. The van der Waals surface area contributed by atoms with Crippen LogP contribution in [0.25, 0.3) is 0 Å². The highest BCUT2D eigenvalue weighted by Crippen LogP contribution is 2.24. The molecule has 1 heterocycles. The molecule has 0 bridgehead atoms. The van der Waals surface area contributed by atoms with Crippen molar-refractivity contribution in [3.8, 4) is 0 Å². The second-order valence-electron chi connectivity index (χ2n) is 3.75. The Hall–Kier alpha value is -0.770. The van der Waals surface area contributed by atoms with Crippen LogP contribution in [-0.4, -0.2) is 41.9 Å². The van der Waals surface area contributed by atoms with Crippen LogP contribution in [-0.2, 0) is 4.74 Å². The largest absolute Gasteiger partial charge is 0.453 e. The van der Waals surface area contributed by atoms with Crippen LogP contribution in [0.2, 0.25) is 0 Å². The standard InChI is InChI=1S/C9H17NO3/c1-6(2)8-7(11)4-5-10(8)9(12)13-3/h6-8,11H,4-5H2,1-3H3. The van der Waals surface area contributed by atoms with E-state index in [4.69, 9.17) is 0 Å². The topological polar surface area (TPSA) is 49.8 Å². The molecule has 4 heteroatoms. The fourth-order valence-electron chi connectivity index (χ4n) is 1.93. The minimum atomic E-state index is -0.404. The molecule has 0 aromatic carbocycles. The van der Waals surface area contributed by atoms with Gasteiger partial charge in [-0.3, -0.25) is 0 Å². The minimum absolute atomic E-state index is 0.0903. The summed E-state index contributed by atoms with van der Waals surface area (Å²) < 4.78 is 4.64. The van der Waals surface area contributed by atoms with Crippen LogP contribution in [0.1, 0.15) is 20.3 Å². The summed E-state index contributed by atoms with van der Waals surface area (Å²) in [7, 11) is 1.37. The van der Waals surface area contributed by atoms with Crippen molar-refractivity contribution in [2.24, 2.45) is 5.92 Å². The summed E-state index contributed by atoms with van der Waals surface area (Å²) in [5.74, 6) is 0.261. The number of aliphatic hydroxyl groups is 1. The van der Waals surface area contributed by atoms with Crippen molar-refractivity contribution in [2.45, 2.75) is 32.4 Å². The van der Waals surface area contributed by atoms with Crippen molar-refractivity contribution in [3.05, 3.63) is 0 Å². The van der Waals surface area contributed by atoms with Crippen molar-refractivity contribution < 1.29 is 14.6 Å². The number of methoxy groups -OCH3 is 1. The van der Waals surface area contributed by atoms with Crippen LogP contribution in [0.4, 0.5) is 4.79 Å². The van der Waals surface area contributed by atoms with Crippen molar-refractivity contribution >= 4 is 6.09 Å². The molecule has 1 rings (SSSR count). The molecule has 1 saturated heterocycles. The third kappa shape index (κ3) is 1.94. The molecule has 4 nitrogen and oxygen atoms in total. The number of aliphatic hydroxyl groups excluding tert-OH is 1. The molecule has 0 aromatic heterocycles. The summed E-state index contributed by atoms with van der Waals surface area (Å²) in [6, 6.07) is -0.0903. The number of likely N-dealkylation sites (tertiary alicyclic amines) is 1. The Kier molecular flexibility index (Phi) is 3.14. The predicted molar refractivity (Wildman–Crippen MR) is 48.4 cm³/mol. The molecule has 0 saturated carbocycles. The van der Waals surface area contributed by atoms with Gasteiger partial charge in [0.15, 0.2) is 0 Å². The van der Waals surface area contributed by atoms with E-state index < -0.39 is 6.10 Å². The number of ether oxygens (including phenoxy) is 1. The average molecular weight is 187 g/mol. The molecule has 1 aliphatic rings. The first-order valence-corrected chi connectivity index (χ1v) is 4.60. The van der Waals surface area contributed by atoms with Crippen LogP contribution < -0.4 is 0 Å². The number of carbonyl (C=O) groups is 1. The zero-order chi connectivity index (χ0) is 10.0. The molecular weight excluding hydrogens is 170 g/mol. The van der Waals surface area contributed by atoms with Crippen LogP contribution >= 0.6 is 0 Å². The number of carbonyl (C=O) groups excluding carboxylic acids is 1. The van der Waals surface area contributed by atoms with Gasteiger partial charge in [0, 0.05) is 6.54 Å². The Morgan fingerprint density at radius 3 is 2.69 bits per heavy atom. The van der Waals surface area contributed by atoms with Gasteiger partial charge in [-0.1, -0.05) is 13.8 Å². The lowest BCUT2D eigenvalue weighted by Gasteiger charge is -2.27. The molecule has 1 fully saturated rings. The molecule has 2 unspecified atom stereocenters. The number of amides is 1. The van der Waals surface area contributed by atoms with E-state index in [0.717, 1.165) is 0 Å². The van der Waals surface area contributed by atoms with Crippen molar-refractivity contribution in [1.82, 2.24) is 4.90 Å². The fourth-order valence-corrected chi connectivity index (χ4v) is 1.93. The third-order valence-electron chi connectivity index (χ3n) is 2.51. The Morgan fingerprint density at radius 2 is 2.23 bits per heavy atom. The van der Waals surface area contributed by atoms with E-state index in [-0.39, 0.29) is 18.1 Å². The zero-order valence-corrected chi connectivity index (χ0v) is 8.36. The number of nitrogens with zero attached hydrogens (tertiary/aromatic N) is 1. The molecule has 13 heavy (non-hydrogen) atoms. The predicted octanol–water partition coefficient (Wildman–Crippen LogP) is 0.844. The smallest absolute Gasteiger partial charge is 0.409 e.